The molecule has 0 aliphatic carbocycles. The summed E-state index contributed by atoms with van der Waals surface area (Å²) < 4.78 is 12.4. The Bertz CT molecular complexity index is 836. The summed E-state index contributed by atoms with van der Waals surface area (Å²) in [6.07, 6.45) is 2.93. The lowest BCUT2D eigenvalue weighted by molar-refractivity contribution is -0.0150. The van der Waals surface area contributed by atoms with Gasteiger partial charge in [-0.25, -0.2) is 4.98 Å². The molecule has 138 valence electrons. The van der Waals surface area contributed by atoms with Crippen LogP contribution in [0.25, 0.3) is 0 Å². The first kappa shape index (κ1) is 17.9. The van der Waals surface area contributed by atoms with E-state index in [0.717, 1.165) is 0 Å². The Labute approximate surface area is 151 Å². The highest BCUT2D eigenvalue weighted by Gasteiger charge is 2.26. The van der Waals surface area contributed by atoms with E-state index in [1.54, 1.807) is 43.6 Å². The van der Waals surface area contributed by atoms with Crippen molar-refractivity contribution in [3.8, 4) is 5.75 Å². The van der Waals surface area contributed by atoms with Gasteiger partial charge in [0.15, 0.2) is 5.82 Å². The number of benzene rings is 1. The number of nitrogens with zero attached hydrogens (tertiary/aromatic N) is 3. The Hall–Kier alpha value is -2.87. The standard InChI is InChI=1S/C18H22N4O4/c1-21-8-7-19-16(18(21)24)20-11-13-12-22(9-10-26-13)17(23)14-5-3-4-6-15(14)25-2/h3-8,13H,9-12H2,1-2H3,(H,19,20)/t13-/m1/s1. The lowest BCUT2D eigenvalue weighted by atomic mass is 10.1. The van der Waals surface area contributed by atoms with E-state index in [-0.39, 0.29) is 23.4 Å². The topological polar surface area (TPSA) is 85.7 Å². The maximum absolute atomic E-state index is 12.8. The molecular weight excluding hydrogens is 336 g/mol. The van der Waals surface area contributed by atoms with Crippen molar-refractivity contribution in [3.05, 3.63) is 52.6 Å². The van der Waals surface area contributed by atoms with Crippen LogP contribution in [0.4, 0.5) is 5.82 Å². The lowest BCUT2D eigenvalue weighted by Gasteiger charge is -2.33. The number of aromatic nitrogens is 2. The minimum absolute atomic E-state index is 0.0931. The van der Waals surface area contributed by atoms with Crippen LogP contribution >= 0.6 is 0 Å². The van der Waals surface area contributed by atoms with Gasteiger partial charge >= 0.3 is 0 Å². The zero-order valence-electron chi connectivity index (χ0n) is 14.8. The average Bonchev–Trinajstić information content (AvgIpc) is 2.68. The quantitative estimate of drug-likeness (QED) is 0.849. The Morgan fingerprint density at radius 1 is 1.42 bits per heavy atom. The predicted octanol–water partition coefficient (Wildman–Crippen LogP) is 0.742. The van der Waals surface area contributed by atoms with E-state index >= 15 is 0 Å². The number of aryl methyl sites for hydroxylation is 1. The maximum atomic E-state index is 12.8. The van der Waals surface area contributed by atoms with Gasteiger partial charge < -0.3 is 24.3 Å². The van der Waals surface area contributed by atoms with Crippen LogP contribution in [0.3, 0.4) is 0 Å². The molecule has 1 aliphatic heterocycles. The van der Waals surface area contributed by atoms with E-state index in [0.29, 0.717) is 37.6 Å². The van der Waals surface area contributed by atoms with Crippen LogP contribution in [-0.4, -0.2) is 59.8 Å². The van der Waals surface area contributed by atoms with Gasteiger partial charge in [-0.2, -0.15) is 0 Å². The van der Waals surface area contributed by atoms with Gasteiger partial charge in [0.25, 0.3) is 11.5 Å². The SMILES string of the molecule is COc1ccccc1C(=O)N1CCO[C@H](CNc2nccn(C)c2=O)C1. The molecule has 8 heteroatoms. The summed E-state index contributed by atoms with van der Waals surface area (Å²) in [7, 11) is 3.21. The van der Waals surface area contributed by atoms with Gasteiger partial charge in [0, 0.05) is 39.1 Å². The fourth-order valence-corrected chi connectivity index (χ4v) is 2.85. The van der Waals surface area contributed by atoms with Gasteiger partial charge in [0.2, 0.25) is 0 Å². The zero-order valence-corrected chi connectivity index (χ0v) is 14.8. The van der Waals surface area contributed by atoms with Crippen LogP contribution in [0.1, 0.15) is 10.4 Å². The van der Waals surface area contributed by atoms with Gasteiger partial charge in [-0.3, -0.25) is 9.59 Å². The largest absolute Gasteiger partial charge is 0.496 e. The monoisotopic (exact) mass is 358 g/mol. The Balaban J connectivity index is 1.65. The number of nitrogens with one attached hydrogen (secondary N) is 1. The van der Waals surface area contributed by atoms with Gasteiger partial charge in [0.05, 0.1) is 25.4 Å². The molecular formula is C18H22N4O4. The number of hydrogen-bond donors (Lipinski definition) is 1. The maximum Gasteiger partial charge on any atom is 0.293 e. The summed E-state index contributed by atoms with van der Waals surface area (Å²) in [6, 6.07) is 7.16. The summed E-state index contributed by atoms with van der Waals surface area (Å²) >= 11 is 0. The number of rotatable bonds is 5. The van der Waals surface area contributed by atoms with E-state index in [1.165, 1.54) is 4.57 Å². The highest BCUT2D eigenvalue weighted by molar-refractivity contribution is 5.97. The Morgan fingerprint density at radius 2 is 2.23 bits per heavy atom. The van der Waals surface area contributed by atoms with E-state index in [9.17, 15) is 9.59 Å². The van der Waals surface area contributed by atoms with Crippen LogP contribution in [0.2, 0.25) is 0 Å². The molecule has 3 rings (SSSR count). The second-order valence-electron chi connectivity index (χ2n) is 6.02. The van der Waals surface area contributed by atoms with Crippen molar-refractivity contribution < 1.29 is 14.3 Å². The molecule has 0 radical (unpaired) electrons. The molecule has 0 bridgehead atoms. The molecule has 0 spiro atoms. The molecule has 1 N–H and O–H groups in total. The molecule has 2 heterocycles. The van der Waals surface area contributed by atoms with Crippen molar-refractivity contribution >= 4 is 11.7 Å². The van der Waals surface area contributed by atoms with Crippen molar-refractivity contribution in [2.45, 2.75) is 6.10 Å². The summed E-state index contributed by atoms with van der Waals surface area (Å²) in [5.74, 6) is 0.729. The molecule has 1 amide bonds. The number of carbonyl (C=O) groups excluding carboxylic acids is 1. The van der Waals surface area contributed by atoms with Crippen LogP contribution in [-0.2, 0) is 11.8 Å². The number of ether oxygens (including phenoxy) is 2. The number of carbonyl (C=O) groups is 1. The minimum Gasteiger partial charge on any atom is -0.496 e. The molecule has 1 atom stereocenters. The molecule has 1 aromatic carbocycles. The predicted molar refractivity (Wildman–Crippen MR) is 96.6 cm³/mol. The van der Waals surface area contributed by atoms with Gasteiger partial charge in [-0.05, 0) is 12.1 Å². The lowest BCUT2D eigenvalue weighted by Crippen LogP contribution is -2.48. The summed E-state index contributed by atoms with van der Waals surface area (Å²) in [6.45, 7) is 1.77. The summed E-state index contributed by atoms with van der Waals surface area (Å²) in [5, 5.41) is 3.01. The number of para-hydroxylation sites is 1. The van der Waals surface area contributed by atoms with Crippen LogP contribution in [0.5, 0.6) is 5.75 Å². The van der Waals surface area contributed by atoms with Crippen molar-refractivity contribution in [1.29, 1.82) is 0 Å². The Morgan fingerprint density at radius 3 is 3.04 bits per heavy atom. The smallest absolute Gasteiger partial charge is 0.293 e. The van der Waals surface area contributed by atoms with E-state index < -0.39 is 0 Å². The van der Waals surface area contributed by atoms with Crippen LogP contribution < -0.4 is 15.6 Å². The van der Waals surface area contributed by atoms with E-state index in [2.05, 4.69) is 10.3 Å². The molecule has 0 saturated carbocycles. The fraction of sp³-hybridized carbons (Fsp3) is 0.389. The third kappa shape index (κ3) is 3.85. The van der Waals surface area contributed by atoms with Crippen molar-refractivity contribution in [2.24, 2.45) is 7.05 Å². The molecule has 8 nitrogen and oxygen atoms in total. The highest BCUT2D eigenvalue weighted by atomic mass is 16.5. The van der Waals surface area contributed by atoms with Gasteiger partial charge in [-0.1, -0.05) is 12.1 Å². The second kappa shape index (κ2) is 8.01. The molecule has 1 aromatic heterocycles. The van der Waals surface area contributed by atoms with Crippen LogP contribution in [0.15, 0.2) is 41.5 Å². The molecule has 1 aliphatic rings. The van der Waals surface area contributed by atoms with Gasteiger partial charge in [0.1, 0.15) is 5.75 Å². The first-order chi connectivity index (χ1) is 12.6. The molecule has 0 unspecified atom stereocenters. The minimum atomic E-state index is -0.228. The molecule has 1 saturated heterocycles. The number of morpholine rings is 1. The number of anilines is 1. The van der Waals surface area contributed by atoms with Crippen LogP contribution in [0, 0.1) is 0 Å². The number of methoxy groups -OCH3 is 1. The highest BCUT2D eigenvalue weighted by Crippen LogP contribution is 2.20. The third-order valence-electron chi connectivity index (χ3n) is 4.28. The van der Waals surface area contributed by atoms with Gasteiger partial charge in [-0.15, -0.1) is 0 Å². The van der Waals surface area contributed by atoms with E-state index in [1.807, 2.05) is 12.1 Å². The number of hydrogen-bond acceptors (Lipinski definition) is 6. The third-order valence-corrected chi connectivity index (χ3v) is 4.28. The molecule has 1 fully saturated rings. The average molecular weight is 358 g/mol. The first-order valence-corrected chi connectivity index (χ1v) is 8.39. The molecule has 2 aromatic rings. The number of amides is 1. The first-order valence-electron chi connectivity index (χ1n) is 8.39. The van der Waals surface area contributed by atoms with Crippen molar-refractivity contribution in [2.75, 3.05) is 38.7 Å². The fourth-order valence-electron chi connectivity index (χ4n) is 2.85. The summed E-state index contributed by atoms with van der Waals surface area (Å²) in [4.78, 5) is 30.6. The zero-order chi connectivity index (χ0) is 18.5. The normalized spacial score (nSPS) is 17.0. The van der Waals surface area contributed by atoms with E-state index in [4.69, 9.17) is 9.47 Å². The second-order valence-corrected chi connectivity index (χ2v) is 6.02. The molecule has 26 heavy (non-hydrogen) atoms. The van der Waals surface area contributed by atoms with Crippen molar-refractivity contribution in [3.63, 3.8) is 0 Å². The van der Waals surface area contributed by atoms with Crippen molar-refractivity contribution in [1.82, 2.24) is 14.5 Å². The summed E-state index contributed by atoms with van der Waals surface area (Å²) in [5.41, 5.74) is 0.326. The Kier molecular flexibility index (Phi) is 5.52.